The number of carbonyl (C=O) groups excluding carboxylic acids is 4. The first-order valence-electron chi connectivity index (χ1n) is 6.14. The number of amides is 1. The molecule has 1 atom stereocenters. The fourth-order valence-electron chi connectivity index (χ4n) is 1.47. The van der Waals surface area contributed by atoms with Crippen LogP contribution in [0.3, 0.4) is 0 Å². The number of rotatable bonds is 6. The maximum atomic E-state index is 12.8. The molecule has 7 heteroatoms. The van der Waals surface area contributed by atoms with Crippen LogP contribution in [0.25, 0.3) is 0 Å². The average molecular weight is 295 g/mol. The van der Waals surface area contributed by atoms with Crippen LogP contribution in [0.1, 0.15) is 24.2 Å². The minimum atomic E-state index is -1.65. The normalized spacial score (nSPS) is 11.4. The summed E-state index contributed by atoms with van der Waals surface area (Å²) in [7, 11) is 0. The molecule has 1 unspecified atom stereocenters. The zero-order valence-corrected chi connectivity index (χ0v) is 11.5. The molecule has 0 aromatic heterocycles. The summed E-state index contributed by atoms with van der Waals surface area (Å²) in [5.74, 6) is -4.25. The number of benzene rings is 1. The van der Waals surface area contributed by atoms with Crippen molar-refractivity contribution in [3.05, 3.63) is 35.6 Å². The van der Waals surface area contributed by atoms with Gasteiger partial charge in [0.05, 0.1) is 6.61 Å². The molecule has 0 radical (unpaired) electrons. The fourth-order valence-corrected chi connectivity index (χ4v) is 1.47. The maximum Gasteiger partial charge on any atom is 0.336 e. The highest BCUT2D eigenvalue weighted by atomic mass is 19.1. The molecular weight excluding hydrogens is 281 g/mol. The molecule has 1 amide bonds. The van der Waals surface area contributed by atoms with Gasteiger partial charge < -0.3 is 10.1 Å². The lowest BCUT2D eigenvalue weighted by Crippen LogP contribution is -2.49. The van der Waals surface area contributed by atoms with Crippen LogP contribution in [-0.2, 0) is 19.1 Å². The Hall–Kier alpha value is -2.57. The molecule has 0 saturated carbocycles. The van der Waals surface area contributed by atoms with Crippen molar-refractivity contribution in [2.45, 2.75) is 19.9 Å². The molecule has 0 bridgehead atoms. The Morgan fingerprint density at radius 3 is 2.24 bits per heavy atom. The Bertz CT molecular complexity index is 567. The Morgan fingerprint density at radius 2 is 1.76 bits per heavy atom. The number of carbonyl (C=O) groups is 4. The van der Waals surface area contributed by atoms with Gasteiger partial charge in [0.25, 0.3) is 5.91 Å². The Balaban J connectivity index is 3.02. The van der Waals surface area contributed by atoms with Gasteiger partial charge in [0, 0.05) is 12.5 Å². The van der Waals surface area contributed by atoms with E-state index in [2.05, 4.69) is 0 Å². The molecule has 0 aliphatic heterocycles. The van der Waals surface area contributed by atoms with Crippen LogP contribution in [0.4, 0.5) is 4.39 Å². The minimum absolute atomic E-state index is 0.00196. The van der Waals surface area contributed by atoms with Gasteiger partial charge in [-0.3, -0.25) is 14.4 Å². The monoisotopic (exact) mass is 295 g/mol. The molecule has 0 saturated heterocycles. The van der Waals surface area contributed by atoms with Crippen LogP contribution in [0.2, 0.25) is 0 Å². The molecule has 112 valence electrons. The topological polar surface area (TPSA) is 89.5 Å². The van der Waals surface area contributed by atoms with E-state index in [1.54, 1.807) is 0 Å². The van der Waals surface area contributed by atoms with Gasteiger partial charge in [0.2, 0.25) is 5.78 Å². The van der Waals surface area contributed by atoms with Crippen LogP contribution in [0.15, 0.2) is 24.3 Å². The molecule has 0 fully saturated rings. The molecule has 21 heavy (non-hydrogen) atoms. The third-order valence-electron chi connectivity index (χ3n) is 2.51. The van der Waals surface area contributed by atoms with Crippen molar-refractivity contribution in [3.8, 4) is 0 Å². The molecule has 0 aliphatic carbocycles. The quantitative estimate of drug-likeness (QED) is 0.360. The van der Waals surface area contributed by atoms with E-state index in [-0.39, 0.29) is 12.2 Å². The lowest BCUT2D eigenvalue weighted by atomic mass is 10.0. The Morgan fingerprint density at radius 1 is 1.19 bits per heavy atom. The van der Waals surface area contributed by atoms with Gasteiger partial charge in [-0.05, 0) is 31.2 Å². The van der Waals surface area contributed by atoms with Crippen LogP contribution >= 0.6 is 0 Å². The van der Waals surface area contributed by atoms with Gasteiger partial charge in [-0.25, -0.2) is 9.18 Å². The first kappa shape index (κ1) is 16.5. The van der Waals surface area contributed by atoms with Crippen molar-refractivity contribution in [2.75, 3.05) is 6.61 Å². The van der Waals surface area contributed by atoms with Gasteiger partial charge in [-0.15, -0.1) is 0 Å². The number of ether oxygens (including phenoxy) is 1. The van der Waals surface area contributed by atoms with Gasteiger partial charge in [0.15, 0.2) is 11.8 Å². The molecule has 1 N–H and O–H groups in total. The van der Waals surface area contributed by atoms with Crippen molar-refractivity contribution >= 4 is 23.4 Å². The van der Waals surface area contributed by atoms with E-state index in [4.69, 9.17) is 4.74 Å². The molecule has 1 aromatic carbocycles. The SMILES string of the molecule is CCOC(=O)C(NC(=O)C(C)=O)C(=O)c1ccc(F)cc1. The maximum absolute atomic E-state index is 12.8. The number of esters is 1. The van der Waals surface area contributed by atoms with E-state index in [0.29, 0.717) is 0 Å². The van der Waals surface area contributed by atoms with E-state index >= 15 is 0 Å². The highest BCUT2D eigenvalue weighted by molar-refractivity contribution is 6.36. The third kappa shape index (κ3) is 4.48. The summed E-state index contributed by atoms with van der Waals surface area (Å²) < 4.78 is 17.5. The lowest BCUT2D eigenvalue weighted by molar-refractivity contribution is -0.146. The number of nitrogens with one attached hydrogen (secondary N) is 1. The molecule has 1 rings (SSSR count). The van der Waals surface area contributed by atoms with Crippen LogP contribution in [0.5, 0.6) is 0 Å². The number of halogens is 1. The summed E-state index contributed by atoms with van der Waals surface area (Å²) in [6, 6.07) is 2.78. The van der Waals surface area contributed by atoms with E-state index in [1.807, 2.05) is 5.32 Å². The predicted molar refractivity (Wildman–Crippen MR) is 70.0 cm³/mol. The molecule has 0 aliphatic rings. The molecule has 1 aromatic rings. The summed E-state index contributed by atoms with van der Waals surface area (Å²) in [5, 5.41) is 2.01. The van der Waals surface area contributed by atoms with E-state index < -0.39 is 35.3 Å². The fraction of sp³-hybridized carbons (Fsp3) is 0.286. The van der Waals surface area contributed by atoms with E-state index in [0.717, 1.165) is 19.1 Å². The number of ketones is 2. The summed E-state index contributed by atoms with van der Waals surface area (Å²) in [6.07, 6.45) is 0. The highest BCUT2D eigenvalue weighted by Crippen LogP contribution is 2.07. The van der Waals surface area contributed by atoms with Crippen molar-refractivity contribution in [2.24, 2.45) is 0 Å². The summed E-state index contributed by atoms with van der Waals surface area (Å²) in [6.45, 7) is 2.53. The molecule has 6 nitrogen and oxygen atoms in total. The van der Waals surface area contributed by atoms with Crippen molar-refractivity contribution in [1.82, 2.24) is 5.32 Å². The first-order valence-corrected chi connectivity index (χ1v) is 6.14. The highest BCUT2D eigenvalue weighted by Gasteiger charge is 2.31. The summed E-state index contributed by atoms with van der Waals surface area (Å²) in [4.78, 5) is 46.2. The van der Waals surface area contributed by atoms with Crippen LogP contribution in [-0.4, -0.2) is 36.1 Å². The lowest BCUT2D eigenvalue weighted by Gasteiger charge is -2.15. The van der Waals surface area contributed by atoms with E-state index in [1.165, 1.54) is 19.1 Å². The Kier molecular flexibility index (Phi) is 5.71. The smallest absolute Gasteiger partial charge is 0.336 e. The van der Waals surface area contributed by atoms with Gasteiger partial charge in [-0.2, -0.15) is 0 Å². The number of hydrogen-bond acceptors (Lipinski definition) is 5. The van der Waals surface area contributed by atoms with Crippen molar-refractivity contribution < 1.29 is 28.3 Å². The average Bonchev–Trinajstić information content (AvgIpc) is 2.44. The van der Waals surface area contributed by atoms with Crippen LogP contribution in [0, 0.1) is 5.82 Å². The van der Waals surface area contributed by atoms with Gasteiger partial charge >= 0.3 is 5.97 Å². The number of Topliss-reactive ketones (excluding diaryl/α,β-unsaturated/α-hetero) is 2. The van der Waals surface area contributed by atoms with Crippen molar-refractivity contribution in [3.63, 3.8) is 0 Å². The minimum Gasteiger partial charge on any atom is -0.464 e. The van der Waals surface area contributed by atoms with Gasteiger partial charge in [0.1, 0.15) is 5.82 Å². The third-order valence-corrected chi connectivity index (χ3v) is 2.51. The molecule has 0 heterocycles. The van der Waals surface area contributed by atoms with Crippen molar-refractivity contribution in [1.29, 1.82) is 0 Å². The second-order valence-corrected chi connectivity index (χ2v) is 4.09. The van der Waals surface area contributed by atoms with Crippen LogP contribution < -0.4 is 5.32 Å². The largest absolute Gasteiger partial charge is 0.464 e. The second-order valence-electron chi connectivity index (χ2n) is 4.09. The number of hydrogen-bond donors (Lipinski definition) is 1. The first-order chi connectivity index (χ1) is 9.86. The van der Waals surface area contributed by atoms with Gasteiger partial charge in [-0.1, -0.05) is 0 Å². The summed E-state index contributed by atoms with van der Waals surface area (Å²) in [5.41, 5.74) is 0.0123. The molecule has 0 spiro atoms. The van der Waals surface area contributed by atoms with E-state index in [9.17, 15) is 23.6 Å². The summed E-state index contributed by atoms with van der Waals surface area (Å²) >= 11 is 0. The zero-order chi connectivity index (χ0) is 16.0. The molecular formula is C14H14FNO5. The zero-order valence-electron chi connectivity index (χ0n) is 11.5. The standard InChI is InChI=1S/C14H14FNO5/c1-3-21-14(20)11(16-13(19)8(2)17)12(18)9-4-6-10(15)7-5-9/h4-7,11H,3H2,1-2H3,(H,16,19). The Labute approximate surface area is 120 Å². The second kappa shape index (κ2) is 7.28. The predicted octanol–water partition coefficient (Wildman–Crippen LogP) is 0.645.